The maximum Gasteiger partial charge on any atom is 0.230 e. The monoisotopic (exact) mass is 536 g/mol. The highest BCUT2D eigenvalue weighted by Gasteiger charge is 2.42. The summed E-state index contributed by atoms with van der Waals surface area (Å²) in [6.07, 6.45) is 1.14. The largest absolute Gasteiger partial charge is 0.377 e. The number of hydrogen-bond donors (Lipinski definition) is 5. The second kappa shape index (κ2) is 11.5. The molecule has 0 fully saturated rings. The molecule has 0 bridgehead atoms. The molecule has 2 aromatic heterocycles. The van der Waals surface area contributed by atoms with E-state index in [0.29, 0.717) is 45.7 Å². The van der Waals surface area contributed by atoms with Crippen LogP contribution >= 0.6 is 22.7 Å². The van der Waals surface area contributed by atoms with Crippen molar-refractivity contribution >= 4 is 50.4 Å². The molecule has 9 nitrogen and oxygen atoms in total. The van der Waals surface area contributed by atoms with Crippen molar-refractivity contribution in [3.63, 3.8) is 0 Å². The Morgan fingerprint density at radius 1 is 1.00 bits per heavy atom. The fourth-order valence-corrected chi connectivity index (χ4v) is 5.33. The van der Waals surface area contributed by atoms with E-state index in [2.05, 4.69) is 20.6 Å². The van der Waals surface area contributed by atoms with Crippen LogP contribution in [0, 0.1) is 0 Å². The number of nitrogens with one attached hydrogen (secondary N) is 2. The number of rotatable bonds is 10. The van der Waals surface area contributed by atoms with Gasteiger partial charge in [0.1, 0.15) is 0 Å². The summed E-state index contributed by atoms with van der Waals surface area (Å²) in [6, 6.07) is 15.9. The van der Waals surface area contributed by atoms with Crippen molar-refractivity contribution in [1.29, 1.82) is 0 Å². The highest BCUT2D eigenvalue weighted by atomic mass is 32.1. The van der Waals surface area contributed by atoms with E-state index < -0.39 is 11.6 Å². The van der Waals surface area contributed by atoms with Gasteiger partial charge in [-0.15, -0.1) is 22.7 Å². The summed E-state index contributed by atoms with van der Waals surface area (Å²) in [5, 5.41) is 22.1. The van der Waals surface area contributed by atoms with E-state index >= 15 is 0 Å². The fraction of sp³-hybridized carbons (Fsp3) is 0.231. The Hall–Kier alpha value is -3.80. The molecule has 4 aromatic rings. The van der Waals surface area contributed by atoms with Gasteiger partial charge in [-0.2, -0.15) is 0 Å². The zero-order valence-electron chi connectivity index (χ0n) is 20.2. The summed E-state index contributed by atoms with van der Waals surface area (Å²) >= 11 is 2.53. The van der Waals surface area contributed by atoms with Crippen molar-refractivity contribution in [1.82, 2.24) is 15.3 Å². The summed E-state index contributed by atoms with van der Waals surface area (Å²) in [5.74, 6) is -0.443. The molecule has 2 heterocycles. The summed E-state index contributed by atoms with van der Waals surface area (Å²) in [6.45, 7) is 1.42. The average Bonchev–Trinajstić information content (AvgIpc) is 3.50. The zero-order valence-corrected chi connectivity index (χ0v) is 21.8. The lowest BCUT2D eigenvalue weighted by molar-refractivity contribution is -0.121. The van der Waals surface area contributed by atoms with Crippen molar-refractivity contribution in [2.24, 2.45) is 0 Å². The molecule has 0 aliphatic carbocycles. The van der Waals surface area contributed by atoms with Crippen LogP contribution in [-0.4, -0.2) is 32.9 Å². The Morgan fingerprint density at radius 3 is 2.27 bits per heavy atom. The summed E-state index contributed by atoms with van der Waals surface area (Å²) in [4.78, 5) is 32.9. The third-order valence-electron chi connectivity index (χ3n) is 5.88. The van der Waals surface area contributed by atoms with Crippen molar-refractivity contribution in [3.05, 3.63) is 87.9 Å². The maximum atomic E-state index is 12.3. The minimum Gasteiger partial charge on any atom is -0.377 e. The van der Waals surface area contributed by atoms with E-state index in [0.717, 1.165) is 5.56 Å². The molecule has 0 unspecified atom stereocenters. The van der Waals surface area contributed by atoms with E-state index in [4.69, 9.17) is 11.5 Å². The van der Waals surface area contributed by atoms with Crippen LogP contribution in [0.2, 0.25) is 0 Å². The number of carbonyl (C=O) groups excluding carboxylic acids is 2. The molecule has 2 aromatic carbocycles. The van der Waals surface area contributed by atoms with Gasteiger partial charge in [0, 0.05) is 23.4 Å². The normalized spacial score (nSPS) is 13.5. The van der Waals surface area contributed by atoms with Crippen LogP contribution in [0.25, 0.3) is 0 Å². The maximum absolute atomic E-state index is 12.3. The molecule has 4 rings (SSSR count). The third-order valence-corrected chi connectivity index (χ3v) is 7.28. The van der Waals surface area contributed by atoms with Gasteiger partial charge in [-0.25, -0.2) is 9.97 Å². The number of thiazole rings is 2. The van der Waals surface area contributed by atoms with E-state index in [1.54, 1.807) is 10.8 Å². The third kappa shape index (κ3) is 6.50. The number of carbonyl (C=O) groups is 2. The molecule has 0 aliphatic rings. The molecule has 7 N–H and O–H groups in total. The molecule has 2 atom stereocenters. The predicted molar refractivity (Wildman–Crippen MR) is 147 cm³/mol. The summed E-state index contributed by atoms with van der Waals surface area (Å²) in [7, 11) is 0. The first-order chi connectivity index (χ1) is 17.7. The lowest BCUT2D eigenvalue weighted by Crippen LogP contribution is -2.51. The number of nitrogens with two attached hydrogens (primary N) is 2. The first kappa shape index (κ1) is 26.3. The molecule has 0 saturated heterocycles. The number of aliphatic hydroxyl groups is 1. The highest BCUT2D eigenvalue weighted by molar-refractivity contribution is 7.13. The minimum atomic E-state index is -1.58. The van der Waals surface area contributed by atoms with Crippen molar-refractivity contribution in [2.45, 2.75) is 37.8 Å². The molecular weight excluding hydrogens is 508 g/mol. The van der Waals surface area contributed by atoms with Gasteiger partial charge in [0.2, 0.25) is 11.8 Å². The fourth-order valence-electron chi connectivity index (χ4n) is 4.15. The molecular formula is C26H28N6O3S2. The number of anilines is 3. The van der Waals surface area contributed by atoms with Crippen molar-refractivity contribution in [2.75, 3.05) is 16.8 Å². The Labute approximate surface area is 222 Å². The number of aromatic nitrogens is 2. The molecule has 0 aliphatic heterocycles. The van der Waals surface area contributed by atoms with Crippen LogP contribution in [0.3, 0.4) is 0 Å². The molecule has 2 amide bonds. The van der Waals surface area contributed by atoms with Gasteiger partial charge in [-0.1, -0.05) is 42.5 Å². The van der Waals surface area contributed by atoms with Gasteiger partial charge in [0.05, 0.1) is 23.9 Å². The van der Waals surface area contributed by atoms with Crippen LogP contribution in [0.1, 0.15) is 35.9 Å². The number of amides is 2. The second-order valence-electron chi connectivity index (χ2n) is 8.59. The van der Waals surface area contributed by atoms with Crippen LogP contribution in [0.15, 0.2) is 65.4 Å². The smallest absolute Gasteiger partial charge is 0.230 e. The van der Waals surface area contributed by atoms with Crippen molar-refractivity contribution < 1.29 is 14.7 Å². The minimum absolute atomic E-state index is 0.146. The van der Waals surface area contributed by atoms with Crippen LogP contribution in [0.5, 0.6) is 0 Å². The van der Waals surface area contributed by atoms with E-state index in [1.165, 1.54) is 29.6 Å². The van der Waals surface area contributed by atoms with Crippen LogP contribution in [-0.2, 0) is 28.0 Å². The van der Waals surface area contributed by atoms with E-state index in [1.807, 2.05) is 54.6 Å². The number of nitrogen functional groups attached to an aromatic ring is 2. The topological polar surface area (TPSA) is 156 Å². The summed E-state index contributed by atoms with van der Waals surface area (Å²) in [5.41, 5.74) is 13.2. The quantitative estimate of drug-likeness (QED) is 0.208. The first-order valence-corrected chi connectivity index (χ1v) is 13.3. The molecule has 0 saturated carbocycles. The first-order valence-electron chi connectivity index (χ1n) is 11.6. The number of nitrogens with zero attached hydrogens (tertiary/aromatic N) is 2. The SMILES string of the molecule is CC(=O)N[C@H](CCc1ccc(NC(=O)Cc2csc(N)n2)cc1)[C@](O)(c1ccccc1)c1csc(N)n1. The molecule has 0 radical (unpaired) electrons. The van der Waals surface area contributed by atoms with Gasteiger partial charge in [-0.05, 0) is 36.1 Å². The van der Waals surface area contributed by atoms with Crippen molar-refractivity contribution in [3.8, 4) is 0 Å². The van der Waals surface area contributed by atoms with Gasteiger partial charge >= 0.3 is 0 Å². The van der Waals surface area contributed by atoms with Crippen LogP contribution < -0.4 is 22.1 Å². The van der Waals surface area contributed by atoms with Gasteiger partial charge in [0.25, 0.3) is 0 Å². The Bertz CT molecular complexity index is 1360. The lowest BCUT2D eigenvalue weighted by Gasteiger charge is -2.36. The molecule has 11 heteroatoms. The average molecular weight is 537 g/mol. The highest BCUT2D eigenvalue weighted by Crippen LogP contribution is 2.36. The zero-order chi connectivity index (χ0) is 26.4. The standard InChI is InChI=1S/C26H28N6O3S2/c1-16(33)29-21(26(35,18-5-3-2-4-6-18)22-15-37-25(28)32-22)12-9-17-7-10-19(11-8-17)30-23(34)13-20-14-36-24(27)31-20/h2-8,10-11,14-15,21,35H,9,12-13H2,1H3,(H2,27,31)(H2,28,32)(H,29,33)(H,30,34)/t21-,26-/m1/s1. The predicted octanol–water partition coefficient (Wildman–Crippen LogP) is 3.32. The van der Waals surface area contributed by atoms with Gasteiger partial charge < -0.3 is 27.2 Å². The Morgan fingerprint density at radius 2 is 1.68 bits per heavy atom. The molecule has 192 valence electrons. The van der Waals surface area contributed by atoms with Gasteiger partial charge in [-0.3, -0.25) is 9.59 Å². The summed E-state index contributed by atoms with van der Waals surface area (Å²) < 4.78 is 0. The Balaban J connectivity index is 1.49. The second-order valence-corrected chi connectivity index (χ2v) is 10.4. The van der Waals surface area contributed by atoms with Gasteiger partial charge in [0.15, 0.2) is 15.9 Å². The molecule has 37 heavy (non-hydrogen) atoms. The van der Waals surface area contributed by atoms with E-state index in [9.17, 15) is 14.7 Å². The Kier molecular flexibility index (Phi) is 8.17. The van der Waals surface area contributed by atoms with E-state index in [-0.39, 0.29) is 18.2 Å². The molecule has 0 spiro atoms. The number of benzene rings is 2. The number of hydrogen-bond acceptors (Lipinski definition) is 9. The van der Waals surface area contributed by atoms with Crippen LogP contribution in [0.4, 0.5) is 16.0 Å². The number of aryl methyl sites for hydroxylation is 1. The lowest BCUT2D eigenvalue weighted by atomic mass is 9.81.